The van der Waals surface area contributed by atoms with Gasteiger partial charge in [0.25, 0.3) is 0 Å². The van der Waals surface area contributed by atoms with E-state index in [1.807, 2.05) is 42.5 Å². The second-order valence-electron chi connectivity index (χ2n) is 4.28. The minimum absolute atomic E-state index is 0.542. The van der Waals surface area contributed by atoms with Crippen molar-refractivity contribution in [2.45, 2.75) is 12.5 Å². The molecule has 3 rings (SSSR count). The van der Waals surface area contributed by atoms with Crippen LogP contribution >= 0.6 is 0 Å². The van der Waals surface area contributed by atoms with Crippen molar-refractivity contribution in [2.75, 3.05) is 6.54 Å². The van der Waals surface area contributed by atoms with Crippen molar-refractivity contribution in [3.8, 4) is 11.5 Å². The van der Waals surface area contributed by atoms with Crippen molar-refractivity contribution in [1.82, 2.24) is 5.32 Å². The maximum atomic E-state index is 5.74. The van der Waals surface area contributed by atoms with Crippen LogP contribution in [0.5, 0.6) is 11.5 Å². The molecular formula is C15H15NO. The highest BCUT2D eigenvalue weighted by atomic mass is 16.5. The molecule has 2 aromatic carbocycles. The topological polar surface area (TPSA) is 21.3 Å². The summed E-state index contributed by atoms with van der Waals surface area (Å²) in [6, 6.07) is 18.7. The van der Waals surface area contributed by atoms with Gasteiger partial charge in [0.1, 0.15) is 11.5 Å². The van der Waals surface area contributed by atoms with Gasteiger partial charge in [0.15, 0.2) is 0 Å². The van der Waals surface area contributed by atoms with Gasteiger partial charge in [0, 0.05) is 6.04 Å². The summed E-state index contributed by atoms with van der Waals surface area (Å²) in [6.07, 6.45) is 1.24. The van der Waals surface area contributed by atoms with Crippen LogP contribution in [0.3, 0.4) is 0 Å². The van der Waals surface area contributed by atoms with Crippen LogP contribution in [0.1, 0.15) is 18.0 Å². The first-order chi connectivity index (χ1) is 8.42. The van der Waals surface area contributed by atoms with Crippen molar-refractivity contribution in [2.24, 2.45) is 0 Å². The summed E-state index contributed by atoms with van der Waals surface area (Å²) in [7, 11) is 0. The molecule has 2 nitrogen and oxygen atoms in total. The van der Waals surface area contributed by atoms with Crippen LogP contribution in [-0.4, -0.2) is 6.54 Å². The Kier molecular flexibility index (Phi) is 2.80. The molecule has 0 spiro atoms. The lowest BCUT2D eigenvalue weighted by Gasteiger charge is -2.28. The maximum Gasteiger partial charge on any atom is 0.127 e. The number of hydrogen-bond donors (Lipinski definition) is 1. The Morgan fingerprint density at radius 3 is 2.12 bits per heavy atom. The minimum Gasteiger partial charge on any atom is -0.457 e. The summed E-state index contributed by atoms with van der Waals surface area (Å²) >= 11 is 0. The van der Waals surface area contributed by atoms with Crippen LogP contribution in [0.2, 0.25) is 0 Å². The van der Waals surface area contributed by atoms with Gasteiger partial charge in [-0.15, -0.1) is 0 Å². The molecule has 0 aromatic heterocycles. The molecule has 1 atom stereocenters. The number of benzene rings is 2. The van der Waals surface area contributed by atoms with E-state index in [1.165, 1.54) is 12.0 Å². The molecule has 1 fully saturated rings. The predicted octanol–water partition coefficient (Wildman–Crippen LogP) is 3.51. The maximum absolute atomic E-state index is 5.74. The number of ether oxygens (including phenoxy) is 1. The van der Waals surface area contributed by atoms with Crippen LogP contribution in [0.25, 0.3) is 0 Å². The van der Waals surface area contributed by atoms with Gasteiger partial charge in [-0.1, -0.05) is 30.3 Å². The molecule has 86 valence electrons. The van der Waals surface area contributed by atoms with E-state index >= 15 is 0 Å². The van der Waals surface area contributed by atoms with Gasteiger partial charge < -0.3 is 10.1 Å². The second kappa shape index (κ2) is 4.60. The highest BCUT2D eigenvalue weighted by Gasteiger charge is 2.17. The Bertz CT molecular complexity index is 474. The quantitative estimate of drug-likeness (QED) is 0.863. The van der Waals surface area contributed by atoms with Crippen molar-refractivity contribution in [3.63, 3.8) is 0 Å². The fourth-order valence-electron chi connectivity index (χ4n) is 1.97. The van der Waals surface area contributed by atoms with Gasteiger partial charge in [-0.05, 0) is 42.8 Å². The van der Waals surface area contributed by atoms with Crippen molar-refractivity contribution < 1.29 is 4.74 Å². The molecule has 1 saturated heterocycles. The zero-order valence-corrected chi connectivity index (χ0v) is 9.60. The smallest absolute Gasteiger partial charge is 0.127 e. The van der Waals surface area contributed by atoms with Crippen molar-refractivity contribution >= 4 is 0 Å². The van der Waals surface area contributed by atoms with E-state index in [9.17, 15) is 0 Å². The third-order valence-electron chi connectivity index (χ3n) is 3.09. The summed E-state index contributed by atoms with van der Waals surface area (Å²) in [5.74, 6) is 1.77. The Balaban J connectivity index is 1.72. The van der Waals surface area contributed by atoms with Crippen LogP contribution in [0, 0.1) is 0 Å². The molecular weight excluding hydrogens is 210 g/mol. The SMILES string of the molecule is c1ccc(Oc2ccc(C3CCN3)cc2)cc1. The number of nitrogens with one attached hydrogen (secondary N) is 1. The fraction of sp³-hybridized carbons (Fsp3) is 0.200. The third-order valence-corrected chi connectivity index (χ3v) is 3.09. The lowest BCUT2D eigenvalue weighted by atomic mass is 9.98. The highest BCUT2D eigenvalue weighted by molar-refractivity contribution is 5.34. The van der Waals surface area contributed by atoms with Gasteiger partial charge in [0.05, 0.1) is 0 Å². The molecule has 0 aliphatic carbocycles. The van der Waals surface area contributed by atoms with Crippen LogP contribution < -0.4 is 10.1 Å². The monoisotopic (exact) mass is 225 g/mol. The van der Waals surface area contributed by atoms with E-state index in [4.69, 9.17) is 4.74 Å². The first-order valence-electron chi connectivity index (χ1n) is 5.98. The fourth-order valence-corrected chi connectivity index (χ4v) is 1.97. The number of hydrogen-bond acceptors (Lipinski definition) is 2. The largest absolute Gasteiger partial charge is 0.457 e. The minimum atomic E-state index is 0.542. The average Bonchev–Trinajstić information content (AvgIpc) is 2.31. The summed E-state index contributed by atoms with van der Waals surface area (Å²) < 4.78 is 5.74. The number of para-hydroxylation sites is 1. The molecule has 2 aromatic rings. The molecule has 0 saturated carbocycles. The van der Waals surface area contributed by atoms with Crippen LogP contribution in [-0.2, 0) is 0 Å². The molecule has 1 heterocycles. The Morgan fingerprint density at radius 2 is 1.53 bits per heavy atom. The second-order valence-corrected chi connectivity index (χ2v) is 4.28. The molecule has 1 aliphatic heterocycles. The van der Waals surface area contributed by atoms with E-state index in [0.717, 1.165) is 18.0 Å². The molecule has 1 unspecified atom stereocenters. The van der Waals surface area contributed by atoms with Gasteiger partial charge in [-0.3, -0.25) is 0 Å². The van der Waals surface area contributed by atoms with E-state index in [2.05, 4.69) is 17.4 Å². The third kappa shape index (κ3) is 2.32. The van der Waals surface area contributed by atoms with E-state index in [1.54, 1.807) is 0 Å². The summed E-state index contributed by atoms with van der Waals surface area (Å²) in [5.41, 5.74) is 1.34. The summed E-state index contributed by atoms with van der Waals surface area (Å²) in [5, 5.41) is 3.39. The zero-order valence-electron chi connectivity index (χ0n) is 9.60. The first-order valence-corrected chi connectivity index (χ1v) is 5.98. The zero-order chi connectivity index (χ0) is 11.5. The predicted molar refractivity (Wildman–Crippen MR) is 68.3 cm³/mol. The molecule has 1 aliphatic rings. The van der Waals surface area contributed by atoms with Gasteiger partial charge in [-0.2, -0.15) is 0 Å². The molecule has 0 amide bonds. The van der Waals surface area contributed by atoms with E-state index < -0.39 is 0 Å². The standard InChI is InChI=1S/C15H15NO/c1-2-4-13(5-3-1)17-14-8-6-12(7-9-14)15-10-11-16-15/h1-9,15-16H,10-11H2. The Morgan fingerprint density at radius 1 is 0.882 bits per heavy atom. The lowest BCUT2D eigenvalue weighted by molar-refractivity contribution is 0.383. The molecule has 17 heavy (non-hydrogen) atoms. The van der Waals surface area contributed by atoms with E-state index in [-0.39, 0.29) is 0 Å². The van der Waals surface area contributed by atoms with E-state index in [0.29, 0.717) is 6.04 Å². The lowest BCUT2D eigenvalue weighted by Crippen LogP contribution is -2.34. The molecule has 1 N–H and O–H groups in total. The molecule has 2 heteroatoms. The first kappa shape index (κ1) is 10.4. The van der Waals surface area contributed by atoms with Crippen LogP contribution in [0.4, 0.5) is 0 Å². The van der Waals surface area contributed by atoms with Gasteiger partial charge in [-0.25, -0.2) is 0 Å². The normalized spacial score (nSPS) is 18.5. The average molecular weight is 225 g/mol. The Hall–Kier alpha value is -1.80. The Labute approximate surface area is 101 Å². The summed E-state index contributed by atoms with van der Waals surface area (Å²) in [6.45, 7) is 1.13. The van der Waals surface area contributed by atoms with Gasteiger partial charge >= 0.3 is 0 Å². The van der Waals surface area contributed by atoms with Crippen molar-refractivity contribution in [1.29, 1.82) is 0 Å². The number of rotatable bonds is 3. The molecule has 0 bridgehead atoms. The molecule has 0 radical (unpaired) electrons. The van der Waals surface area contributed by atoms with Gasteiger partial charge in [0.2, 0.25) is 0 Å². The highest BCUT2D eigenvalue weighted by Crippen LogP contribution is 2.26. The van der Waals surface area contributed by atoms with Crippen LogP contribution in [0.15, 0.2) is 54.6 Å². The summed E-state index contributed by atoms with van der Waals surface area (Å²) in [4.78, 5) is 0. The van der Waals surface area contributed by atoms with Crippen molar-refractivity contribution in [3.05, 3.63) is 60.2 Å².